The molecule has 0 aliphatic heterocycles. The van der Waals surface area contributed by atoms with Crippen molar-refractivity contribution in [3.05, 3.63) is 142 Å². The summed E-state index contributed by atoms with van der Waals surface area (Å²) in [6, 6.07) is 23.6. The predicted octanol–water partition coefficient (Wildman–Crippen LogP) is 11.4. The van der Waals surface area contributed by atoms with Crippen LogP contribution < -0.4 is 0 Å². The second-order valence-electron chi connectivity index (χ2n) is 13.8. The van der Waals surface area contributed by atoms with E-state index in [2.05, 4.69) is 122 Å². The zero-order valence-electron chi connectivity index (χ0n) is 25.9. The van der Waals surface area contributed by atoms with Gasteiger partial charge in [0, 0.05) is 27.8 Å². The number of hydrogen-bond acceptors (Lipinski definition) is 0. The number of rotatable bonds is 3. The van der Waals surface area contributed by atoms with Gasteiger partial charge in [0.2, 0.25) is 0 Å². The summed E-state index contributed by atoms with van der Waals surface area (Å²) in [6.45, 7) is 4.86. The molecule has 0 saturated carbocycles. The van der Waals surface area contributed by atoms with Crippen LogP contribution in [0.4, 0.5) is 0 Å². The van der Waals surface area contributed by atoms with Crippen LogP contribution >= 0.6 is 0 Å². The Morgan fingerprint density at radius 2 is 1.36 bits per heavy atom. The van der Waals surface area contributed by atoms with Crippen LogP contribution in [0.3, 0.4) is 0 Å². The Kier molecular flexibility index (Phi) is 5.82. The van der Waals surface area contributed by atoms with Crippen LogP contribution in [0.25, 0.3) is 44.9 Å². The second-order valence-corrected chi connectivity index (χ2v) is 13.8. The Hall–Kier alpha value is -4.36. The molecule has 4 aromatic rings. The number of aromatic nitrogens is 1. The molecule has 5 aliphatic rings. The van der Waals surface area contributed by atoms with Gasteiger partial charge < -0.3 is 4.57 Å². The zero-order valence-corrected chi connectivity index (χ0v) is 25.9. The van der Waals surface area contributed by atoms with Crippen LogP contribution in [0.5, 0.6) is 0 Å². The van der Waals surface area contributed by atoms with Gasteiger partial charge in [0.15, 0.2) is 0 Å². The van der Waals surface area contributed by atoms with Crippen molar-refractivity contribution >= 4 is 33.8 Å². The molecular formula is C43H39N. The van der Waals surface area contributed by atoms with Crippen molar-refractivity contribution in [2.45, 2.75) is 70.6 Å². The lowest BCUT2D eigenvalue weighted by Gasteiger charge is -2.25. The topological polar surface area (TPSA) is 4.93 Å². The van der Waals surface area contributed by atoms with E-state index in [9.17, 15) is 0 Å². The first kappa shape index (κ1) is 26.1. The largest absolute Gasteiger partial charge is 0.313 e. The van der Waals surface area contributed by atoms with E-state index in [1.807, 2.05) is 0 Å². The van der Waals surface area contributed by atoms with Crippen molar-refractivity contribution in [2.75, 3.05) is 0 Å². The molecule has 1 nitrogen and oxygen atoms in total. The van der Waals surface area contributed by atoms with E-state index in [-0.39, 0.29) is 5.41 Å². The highest BCUT2D eigenvalue weighted by Gasteiger charge is 2.36. The van der Waals surface area contributed by atoms with Crippen molar-refractivity contribution in [2.24, 2.45) is 0 Å². The van der Waals surface area contributed by atoms with Crippen LogP contribution in [0, 0.1) is 0 Å². The Morgan fingerprint density at radius 1 is 0.636 bits per heavy atom. The fourth-order valence-electron chi connectivity index (χ4n) is 8.57. The average Bonchev–Trinajstić information content (AvgIpc) is 3.52. The van der Waals surface area contributed by atoms with E-state index < -0.39 is 0 Å². The molecule has 0 N–H and O–H groups in total. The molecule has 0 amide bonds. The molecular weight excluding hydrogens is 530 g/mol. The normalized spacial score (nSPS) is 19.6. The quantitative estimate of drug-likeness (QED) is 0.231. The maximum Gasteiger partial charge on any atom is 0.0537 e. The average molecular weight is 570 g/mol. The van der Waals surface area contributed by atoms with E-state index >= 15 is 0 Å². The molecule has 0 bridgehead atoms. The summed E-state index contributed by atoms with van der Waals surface area (Å²) >= 11 is 0. The first-order chi connectivity index (χ1) is 21.6. The second kappa shape index (κ2) is 9.83. The van der Waals surface area contributed by atoms with Gasteiger partial charge in [-0.15, -0.1) is 0 Å². The number of hydrogen-bond donors (Lipinski definition) is 0. The van der Waals surface area contributed by atoms with E-state index in [1.165, 1.54) is 91.6 Å². The lowest BCUT2D eigenvalue weighted by molar-refractivity contribution is 0.659. The summed E-state index contributed by atoms with van der Waals surface area (Å²) in [5, 5.41) is 1.37. The molecule has 0 radical (unpaired) electrons. The van der Waals surface area contributed by atoms with Gasteiger partial charge in [0.1, 0.15) is 0 Å². The highest BCUT2D eigenvalue weighted by atomic mass is 15.0. The summed E-state index contributed by atoms with van der Waals surface area (Å²) in [4.78, 5) is 0. The third-order valence-corrected chi connectivity index (χ3v) is 10.9. The fraction of sp³-hybridized carbons (Fsp3) is 0.256. The van der Waals surface area contributed by atoms with Gasteiger partial charge in [-0.05, 0) is 137 Å². The highest BCUT2D eigenvalue weighted by Crippen LogP contribution is 2.51. The molecule has 44 heavy (non-hydrogen) atoms. The summed E-state index contributed by atoms with van der Waals surface area (Å²) in [7, 11) is 0. The highest BCUT2D eigenvalue weighted by molar-refractivity contribution is 6.00. The monoisotopic (exact) mass is 569 g/mol. The Bertz CT molecular complexity index is 2080. The predicted molar refractivity (Wildman–Crippen MR) is 187 cm³/mol. The first-order valence-corrected chi connectivity index (χ1v) is 16.7. The molecule has 3 aromatic carbocycles. The molecule has 9 rings (SSSR count). The van der Waals surface area contributed by atoms with E-state index in [1.54, 1.807) is 11.1 Å². The number of para-hydroxylation sites is 1. The van der Waals surface area contributed by atoms with Gasteiger partial charge >= 0.3 is 0 Å². The van der Waals surface area contributed by atoms with Crippen molar-refractivity contribution in [1.82, 2.24) is 4.57 Å². The zero-order chi connectivity index (χ0) is 29.4. The molecule has 1 aromatic heterocycles. The standard InChI is InChI=1S/C43H39N/c1-43(2)39-26-32(30-17-16-28-10-6-7-11-29(28)24-30)18-21-35(39)36-22-19-33(27-40(36)43)31-20-23-42-38(25-31)37-14-8-9-15-41(37)44(42)34-12-4-3-5-13-34/h4,6,8-10,12-15,18-19,21-22,24-27H,3,5,7,11,16-17,20,23H2,1-2H3. The molecule has 0 unspecified atom stereocenters. The van der Waals surface area contributed by atoms with Crippen LogP contribution in [0.15, 0.2) is 108 Å². The van der Waals surface area contributed by atoms with Crippen molar-refractivity contribution in [1.29, 1.82) is 0 Å². The fourth-order valence-corrected chi connectivity index (χ4v) is 8.57. The van der Waals surface area contributed by atoms with Gasteiger partial charge in [0.25, 0.3) is 0 Å². The maximum absolute atomic E-state index is 2.53. The summed E-state index contributed by atoms with van der Waals surface area (Å²) in [6.07, 6.45) is 25.8. The van der Waals surface area contributed by atoms with Crippen LogP contribution in [-0.2, 0) is 11.8 Å². The minimum atomic E-state index is -0.0277. The smallest absolute Gasteiger partial charge is 0.0537 e. The van der Waals surface area contributed by atoms with Crippen molar-refractivity contribution in [3.8, 4) is 11.1 Å². The third kappa shape index (κ3) is 3.91. The van der Waals surface area contributed by atoms with E-state index in [0.717, 1.165) is 32.1 Å². The van der Waals surface area contributed by atoms with Gasteiger partial charge in [-0.25, -0.2) is 0 Å². The van der Waals surface area contributed by atoms with Crippen LogP contribution in [-0.4, -0.2) is 4.57 Å². The van der Waals surface area contributed by atoms with E-state index in [4.69, 9.17) is 0 Å². The maximum atomic E-state index is 2.53. The Labute approximate surface area is 261 Å². The van der Waals surface area contributed by atoms with E-state index in [0.29, 0.717) is 0 Å². The third-order valence-electron chi connectivity index (χ3n) is 10.9. The summed E-state index contributed by atoms with van der Waals surface area (Å²) in [5.41, 5.74) is 20.1. The number of allylic oxidation sites excluding steroid dienone is 11. The summed E-state index contributed by atoms with van der Waals surface area (Å²) in [5.74, 6) is 0. The lowest BCUT2D eigenvalue weighted by atomic mass is 9.79. The molecule has 0 atom stereocenters. The Morgan fingerprint density at radius 3 is 2.14 bits per heavy atom. The molecule has 0 fully saturated rings. The molecule has 0 saturated heterocycles. The number of benzene rings is 3. The van der Waals surface area contributed by atoms with Gasteiger partial charge in [0.05, 0.1) is 5.52 Å². The SMILES string of the molecule is CC1(C)c2cc(C3=CC4=C(C=CCC4)CC3)ccc2-c2ccc(C3=Cc4c(n(C5=CCCC=C5)c5ccccc45)CC3)cc21. The van der Waals surface area contributed by atoms with Crippen LogP contribution in [0.2, 0.25) is 0 Å². The van der Waals surface area contributed by atoms with Gasteiger partial charge in [-0.2, -0.15) is 0 Å². The van der Waals surface area contributed by atoms with Gasteiger partial charge in [-0.1, -0.05) is 86.7 Å². The lowest BCUT2D eigenvalue weighted by Crippen LogP contribution is -2.15. The minimum Gasteiger partial charge on any atom is -0.313 e. The van der Waals surface area contributed by atoms with Crippen molar-refractivity contribution < 1.29 is 0 Å². The minimum absolute atomic E-state index is 0.0277. The first-order valence-electron chi connectivity index (χ1n) is 16.7. The molecule has 216 valence electrons. The number of nitrogens with zero attached hydrogens (tertiary/aromatic N) is 1. The Balaban J connectivity index is 1.10. The van der Waals surface area contributed by atoms with Crippen LogP contribution in [0.1, 0.15) is 92.3 Å². The number of fused-ring (bicyclic) bond motifs is 6. The summed E-state index contributed by atoms with van der Waals surface area (Å²) < 4.78 is 2.53. The molecule has 5 aliphatic carbocycles. The van der Waals surface area contributed by atoms with Crippen molar-refractivity contribution in [3.63, 3.8) is 0 Å². The molecule has 0 spiro atoms. The van der Waals surface area contributed by atoms with Gasteiger partial charge in [-0.3, -0.25) is 0 Å². The molecule has 1 heteroatoms. The molecule has 1 heterocycles.